The van der Waals surface area contributed by atoms with Gasteiger partial charge in [0.2, 0.25) is 0 Å². The average molecular weight is 337 g/mol. The molecule has 130 valence electrons. The van der Waals surface area contributed by atoms with E-state index in [1.807, 2.05) is 0 Å². The van der Waals surface area contributed by atoms with Crippen LogP contribution in [0, 0.1) is 16.0 Å². The van der Waals surface area contributed by atoms with Crippen LogP contribution < -0.4 is 9.47 Å². The Morgan fingerprint density at radius 1 is 1.33 bits per heavy atom. The van der Waals surface area contributed by atoms with Crippen molar-refractivity contribution in [3.05, 3.63) is 33.9 Å². The summed E-state index contributed by atoms with van der Waals surface area (Å²) in [5.74, 6) is -1.05. The fraction of sp³-hybridized carbons (Fsp3) is 0.562. The molecule has 1 saturated carbocycles. The number of aliphatic hydroxyl groups is 1. The fourth-order valence-corrected chi connectivity index (χ4v) is 3.89. The molecule has 1 aromatic carbocycles. The Hall–Kier alpha value is -2.35. The molecule has 3 rings (SSSR count). The Labute approximate surface area is 138 Å². The lowest BCUT2D eigenvalue weighted by Gasteiger charge is -2.46. The van der Waals surface area contributed by atoms with E-state index >= 15 is 0 Å². The molecule has 0 radical (unpaired) electrons. The number of nitro groups is 1. The Balaban J connectivity index is 2.19. The lowest BCUT2D eigenvalue weighted by molar-refractivity contribution is -0.599. The van der Waals surface area contributed by atoms with Crippen LogP contribution in [0.2, 0.25) is 0 Å². The first-order valence-corrected chi connectivity index (χ1v) is 7.66. The van der Waals surface area contributed by atoms with Crippen LogP contribution in [0.4, 0.5) is 0 Å². The molecule has 1 aromatic rings. The number of carbonyl (C=O) groups excluding carboxylic acids is 1. The summed E-state index contributed by atoms with van der Waals surface area (Å²) in [5.41, 5.74) is -1.26. The van der Waals surface area contributed by atoms with E-state index in [1.165, 1.54) is 14.2 Å². The van der Waals surface area contributed by atoms with Crippen molar-refractivity contribution in [1.29, 1.82) is 0 Å². The van der Waals surface area contributed by atoms with Crippen LogP contribution in [0.3, 0.4) is 0 Å². The number of esters is 1. The van der Waals surface area contributed by atoms with Crippen LogP contribution in [0.5, 0.6) is 11.5 Å². The molecule has 0 aromatic heterocycles. The minimum Gasteiger partial charge on any atom is -0.497 e. The zero-order valence-corrected chi connectivity index (χ0v) is 13.4. The smallest absolute Gasteiger partial charge is 0.310 e. The van der Waals surface area contributed by atoms with Gasteiger partial charge in [0.25, 0.3) is 5.54 Å². The zero-order chi connectivity index (χ0) is 17.5. The normalized spacial score (nSPS) is 32.0. The lowest BCUT2D eigenvalue weighted by atomic mass is 9.61. The summed E-state index contributed by atoms with van der Waals surface area (Å²) in [6.07, 6.45) is -0.681. The number of aliphatic hydroxyl groups excluding tert-OH is 1. The van der Waals surface area contributed by atoms with Crippen LogP contribution in [0.25, 0.3) is 0 Å². The fourth-order valence-electron chi connectivity index (χ4n) is 3.89. The molecule has 1 aliphatic heterocycles. The Morgan fingerprint density at radius 3 is 2.71 bits per heavy atom. The van der Waals surface area contributed by atoms with Gasteiger partial charge in [-0.25, -0.2) is 0 Å². The van der Waals surface area contributed by atoms with Gasteiger partial charge < -0.3 is 19.3 Å². The average Bonchev–Trinajstić information content (AvgIpc) is 2.59. The second kappa shape index (κ2) is 5.94. The van der Waals surface area contributed by atoms with Gasteiger partial charge in [-0.15, -0.1) is 0 Å². The maximum atomic E-state index is 12.2. The van der Waals surface area contributed by atoms with E-state index in [1.54, 1.807) is 18.2 Å². The van der Waals surface area contributed by atoms with Gasteiger partial charge in [-0.1, -0.05) is 6.07 Å². The molecule has 1 saturated heterocycles. The maximum Gasteiger partial charge on any atom is 0.310 e. The molecule has 4 atom stereocenters. The molecule has 2 fully saturated rings. The van der Waals surface area contributed by atoms with Gasteiger partial charge >= 0.3 is 5.97 Å². The van der Waals surface area contributed by atoms with Crippen molar-refractivity contribution in [2.45, 2.75) is 30.4 Å². The van der Waals surface area contributed by atoms with Gasteiger partial charge in [-0.05, 0) is 18.9 Å². The van der Waals surface area contributed by atoms with Crippen LogP contribution in [-0.4, -0.2) is 48.5 Å². The predicted molar refractivity (Wildman–Crippen MR) is 81.7 cm³/mol. The van der Waals surface area contributed by atoms with Crippen molar-refractivity contribution in [1.82, 2.24) is 0 Å². The first-order chi connectivity index (χ1) is 11.5. The third kappa shape index (κ3) is 2.21. The van der Waals surface area contributed by atoms with Crippen molar-refractivity contribution >= 4 is 5.97 Å². The van der Waals surface area contributed by atoms with E-state index in [2.05, 4.69) is 0 Å². The maximum absolute atomic E-state index is 12.2. The number of fused-ring (bicyclic) bond motifs is 2. The van der Waals surface area contributed by atoms with Crippen molar-refractivity contribution in [3.63, 3.8) is 0 Å². The Kier molecular flexibility index (Phi) is 4.08. The number of nitrogens with zero attached hydrogens (tertiary/aromatic N) is 1. The summed E-state index contributed by atoms with van der Waals surface area (Å²) in [6.45, 7) is -0.448. The third-order valence-electron chi connectivity index (χ3n) is 5.13. The topological polar surface area (TPSA) is 108 Å². The number of hydrogen-bond acceptors (Lipinski definition) is 7. The van der Waals surface area contributed by atoms with Crippen molar-refractivity contribution < 1.29 is 29.0 Å². The molecule has 0 spiro atoms. The highest BCUT2D eigenvalue weighted by atomic mass is 16.6. The summed E-state index contributed by atoms with van der Waals surface area (Å²) >= 11 is 0. The van der Waals surface area contributed by atoms with Crippen molar-refractivity contribution in [2.75, 3.05) is 20.8 Å². The Morgan fingerprint density at radius 2 is 2.08 bits per heavy atom. The number of hydrogen-bond donors (Lipinski definition) is 1. The molecule has 8 heteroatoms. The van der Waals surface area contributed by atoms with E-state index < -0.39 is 41.0 Å². The van der Waals surface area contributed by atoms with Crippen molar-refractivity contribution in [3.8, 4) is 11.5 Å². The molecule has 0 unspecified atom stereocenters. The second-order valence-corrected chi connectivity index (χ2v) is 6.14. The molecule has 8 nitrogen and oxygen atoms in total. The minimum atomic E-state index is -1.77. The van der Waals surface area contributed by atoms with Gasteiger partial charge in [-0.2, -0.15) is 0 Å². The summed E-state index contributed by atoms with van der Waals surface area (Å²) in [6, 6.07) is 4.93. The zero-order valence-electron chi connectivity index (χ0n) is 13.4. The number of benzene rings is 1. The summed E-state index contributed by atoms with van der Waals surface area (Å²) in [5, 5.41) is 22.3. The molecular formula is C16H19NO7. The number of rotatable bonds is 4. The Bertz CT molecular complexity index is 676. The first-order valence-electron chi connectivity index (χ1n) is 7.66. The molecule has 1 aliphatic carbocycles. The van der Waals surface area contributed by atoms with Gasteiger partial charge in [-0.3, -0.25) is 14.9 Å². The van der Waals surface area contributed by atoms with E-state index in [4.69, 9.17) is 14.2 Å². The van der Waals surface area contributed by atoms with Gasteiger partial charge in [0.15, 0.2) is 6.61 Å². The van der Waals surface area contributed by atoms with E-state index in [-0.39, 0.29) is 6.42 Å². The van der Waals surface area contributed by atoms with Crippen molar-refractivity contribution in [2.24, 2.45) is 5.92 Å². The lowest BCUT2D eigenvalue weighted by Crippen LogP contribution is -2.65. The van der Waals surface area contributed by atoms with Crippen LogP contribution in [0.1, 0.15) is 24.3 Å². The summed E-state index contributed by atoms with van der Waals surface area (Å²) < 4.78 is 15.6. The highest BCUT2D eigenvalue weighted by molar-refractivity contribution is 5.76. The molecule has 2 aliphatic rings. The van der Waals surface area contributed by atoms with Gasteiger partial charge in [0.05, 0.1) is 26.1 Å². The van der Waals surface area contributed by atoms with Gasteiger partial charge in [0, 0.05) is 16.6 Å². The second-order valence-electron chi connectivity index (χ2n) is 6.14. The number of carbonyl (C=O) groups is 1. The van der Waals surface area contributed by atoms with Crippen LogP contribution in [0.15, 0.2) is 18.2 Å². The third-order valence-corrected chi connectivity index (χ3v) is 5.13. The van der Waals surface area contributed by atoms with Crippen LogP contribution >= 0.6 is 0 Å². The standard InChI is InChI=1S/C16H19NO7/c1-22-9-3-4-10(12(7-9)23-2)14-11-5-6-13(18)16(14,17(20)21)8-24-15(11)19/h3-4,7,11,13-14,18H,5-6,8H2,1-2H3/t11-,13+,14-,16-/m1/s1. The highest BCUT2D eigenvalue weighted by Gasteiger charge is 2.67. The molecule has 2 bridgehead atoms. The molecule has 0 amide bonds. The van der Waals surface area contributed by atoms with E-state index in [0.717, 1.165) is 0 Å². The number of methoxy groups -OCH3 is 2. The van der Waals surface area contributed by atoms with Gasteiger partial charge in [0.1, 0.15) is 17.6 Å². The SMILES string of the molecule is COc1ccc([C@@H]2[C@H]3CC[C@H](O)[C@]2([N+](=O)[O-])COC3=O)c(OC)c1. The molecular weight excluding hydrogens is 318 g/mol. The van der Waals surface area contributed by atoms with E-state index in [9.17, 15) is 20.0 Å². The summed E-state index contributed by atoms with van der Waals surface area (Å²) in [4.78, 5) is 23.6. The summed E-state index contributed by atoms with van der Waals surface area (Å²) in [7, 11) is 2.95. The van der Waals surface area contributed by atoms with E-state index in [0.29, 0.717) is 23.5 Å². The molecule has 1 N–H and O–H groups in total. The number of cyclic esters (lactones) is 1. The monoisotopic (exact) mass is 337 g/mol. The first kappa shape index (κ1) is 16.5. The predicted octanol–water partition coefficient (Wildman–Crippen LogP) is 1.13. The largest absolute Gasteiger partial charge is 0.497 e. The molecule has 24 heavy (non-hydrogen) atoms. The minimum absolute atomic E-state index is 0.190. The number of ether oxygens (including phenoxy) is 3. The quantitative estimate of drug-likeness (QED) is 0.498. The molecule has 1 heterocycles. The highest BCUT2D eigenvalue weighted by Crippen LogP contribution is 2.52. The van der Waals surface area contributed by atoms with Crippen LogP contribution in [-0.2, 0) is 9.53 Å².